The molecule has 1 aromatic carbocycles. The van der Waals surface area contributed by atoms with Crippen LogP contribution >= 0.6 is 11.8 Å². The molecule has 0 atom stereocenters. The second-order valence-electron chi connectivity index (χ2n) is 3.58. The SMILES string of the molecule is CCNC(N)=NCc1ccc(F)cc1CSC. The van der Waals surface area contributed by atoms with E-state index < -0.39 is 0 Å². The molecule has 0 amide bonds. The van der Waals surface area contributed by atoms with Crippen LogP contribution in [0.15, 0.2) is 23.2 Å². The maximum absolute atomic E-state index is 13.1. The largest absolute Gasteiger partial charge is 0.370 e. The van der Waals surface area contributed by atoms with Crippen LogP contribution in [-0.4, -0.2) is 18.8 Å². The van der Waals surface area contributed by atoms with Gasteiger partial charge < -0.3 is 11.1 Å². The van der Waals surface area contributed by atoms with E-state index in [4.69, 9.17) is 5.73 Å². The minimum Gasteiger partial charge on any atom is -0.370 e. The third-order valence-electron chi connectivity index (χ3n) is 2.25. The number of nitrogens with two attached hydrogens (primary N) is 1. The molecule has 0 saturated heterocycles. The number of nitrogens with one attached hydrogen (secondary N) is 1. The van der Waals surface area contributed by atoms with Gasteiger partial charge >= 0.3 is 0 Å². The number of hydrogen-bond donors (Lipinski definition) is 2. The highest BCUT2D eigenvalue weighted by Gasteiger charge is 2.03. The second-order valence-corrected chi connectivity index (χ2v) is 4.44. The van der Waals surface area contributed by atoms with Crippen molar-refractivity contribution in [3.8, 4) is 0 Å². The van der Waals surface area contributed by atoms with E-state index in [9.17, 15) is 4.39 Å². The Balaban J connectivity index is 2.79. The van der Waals surface area contributed by atoms with E-state index in [0.29, 0.717) is 12.5 Å². The van der Waals surface area contributed by atoms with Gasteiger partial charge in [0.25, 0.3) is 0 Å². The summed E-state index contributed by atoms with van der Waals surface area (Å²) in [6, 6.07) is 4.78. The Morgan fingerprint density at radius 3 is 2.88 bits per heavy atom. The molecule has 0 aromatic heterocycles. The third-order valence-corrected chi connectivity index (χ3v) is 2.85. The van der Waals surface area contributed by atoms with E-state index >= 15 is 0 Å². The molecule has 0 spiro atoms. The van der Waals surface area contributed by atoms with Gasteiger partial charge in [-0.2, -0.15) is 11.8 Å². The molecule has 5 heteroatoms. The maximum atomic E-state index is 13.1. The van der Waals surface area contributed by atoms with Gasteiger partial charge in [-0.05, 0) is 36.4 Å². The summed E-state index contributed by atoms with van der Waals surface area (Å²) in [5.74, 6) is 0.998. The number of nitrogens with zero attached hydrogens (tertiary/aromatic N) is 1. The van der Waals surface area contributed by atoms with Crippen molar-refractivity contribution in [3.63, 3.8) is 0 Å². The molecule has 0 fully saturated rings. The van der Waals surface area contributed by atoms with Crippen LogP contribution in [0.25, 0.3) is 0 Å². The molecule has 0 aliphatic heterocycles. The first-order valence-electron chi connectivity index (χ1n) is 5.47. The van der Waals surface area contributed by atoms with Crippen LogP contribution < -0.4 is 11.1 Å². The van der Waals surface area contributed by atoms with E-state index in [1.165, 1.54) is 6.07 Å². The van der Waals surface area contributed by atoms with Crippen molar-refractivity contribution in [2.24, 2.45) is 10.7 Å². The molecule has 0 saturated carbocycles. The smallest absolute Gasteiger partial charge is 0.188 e. The zero-order valence-corrected chi connectivity index (χ0v) is 11.0. The summed E-state index contributed by atoms with van der Waals surface area (Å²) in [5, 5.41) is 2.93. The van der Waals surface area contributed by atoms with Crippen molar-refractivity contribution in [1.82, 2.24) is 5.32 Å². The number of halogens is 1. The molecule has 0 bridgehead atoms. The van der Waals surface area contributed by atoms with E-state index in [-0.39, 0.29) is 5.82 Å². The van der Waals surface area contributed by atoms with Gasteiger partial charge in [0.05, 0.1) is 6.54 Å². The molecule has 0 aliphatic carbocycles. The van der Waals surface area contributed by atoms with Crippen LogP contribution in [0.2, 0.25) is 0 Å². The third kappa shape index (κ3) is 4.65. The molecule has 0 radical (unpaired) electrons. The minimum atomic E-state index is -0.207. The van der Waals surface area contributed by atoms with Crippen molar-refractivity contribution < 1.29 is 4.39 Å². The predicted octanol–water partition coefficient (Wildman–Crippen LogP) is 2.11. The summed E-state index contributed by atoms with van der Waals surface area (Å²) < 4.78 is 13.1. The summed E-state index contributed by atoms with van der Waals surface area (Å²) >= 11 is 1.66. The van der Waals surface area contributed by atoms with Gasteiger partial charge in [-0.1, -0.05) is 6.07 Å². The number of hydrogen-bond acceptors (Lipinski definition) is 2. The highest BCUT2D eigenvalue weighted by Crippen LogP contribution is 2.17. The average Bonchev–Trinajstić information content (AvgIpc) is 2.29. The van der Waals surface area contributed by atoms with E-state index in [1.54, 1.807) is 23.9 Å². The fourth-order valence-corrected chi connectivity index (χ4v) is 2.03. The molecule has 1 rings (SSSR count). The number of thioether (sulfide) groups is 1. The first kappa shape index (κ1) is 13.8. The molecule has 3 N–H and O–H groups in total. The molecule has 17 heavy (non-hydrogen) atoms. The van der Waals surface area contributed by atoms with Crippen molar-refractivity contribution in [3.05, 3.63) is 35.1 Å². The van der Waals surface area contributed by atoms with Crippen LogP contribution in [0.4, 0.5) is 4.39 Å². The van der Waals surface area contributed by atoms with Crippen LogP contribution in [0.3, 0.4) is 0 Å². The van der Waals surface area contributed by atoms with Crippen molar-refractivity contribution in [1.29, 1.82) is 0 Å². The van der Waals surface area contributed by atoms with Crippen LogP contribution in [0.1, 0.15) is 18.1 Å². The van der Waals surface area contributed by atoms with Crippen molar-refractivity contribution in [2.75, 3.05) is 12.8 Å². The highest BCUT2D eigenvalue weighted by molar-refractivity contribution is 7.97. The van der Waals surface area contributed by atoms with E-state index in [0.717, 1.165) is 23.4 Å². The monoisotopic (exact) mass is 255 g/mol. The van der Waals surface area contributed by atoms with Gasteiger partial charge in [-0.3, -0.25) is 0 Å². The Bertz CT molecular complexity index is 393. The molecule has 94 valence electrons. The predicted molar refractivity (Wildman–Crippen MR) is 72.6 cm³/mol. The molecule has 3 nitrogen and oxygen atoms in total. The fraction of sp³-hybridized carbons (Fsp3) is 0.417. The first-order chi connectivity index (χ1) is 8.17. The number of benzene rings is 1. The Morgan fingerprint density at radius 1 is 1.47 bits per heavy atom. The Labute approximate surface area is 106 Å². The highest BCUT2D eigenvalue weighted by atomic mass is 32.2. The average molecular weight is 255 g/mol. The lowest BCUT2D eigenvalue weighted by Gasteiger charge is -2.07. The Morgan fingerprint density at radius 2 is 2.24 bits per heavy atom. The molecule has 0 unspecified atom stereocenters. The molecular weight excluding hydrogens is 237 g/mol. The second kappa shape index (κ2) is 7.17. The van der Waals surface area contributed by atoms with Crippen LogP contribution in [-0.2, 0) is 12.3 Å². The molecule has 0 heterocycles. The standard InChI is InChI=1S/C12H18FN3S/c1-3-15-12(14)16-7-9-4-5-11(13)6-10(9)8-17-2/h4-6H,3,7-8H2,1-2H3,(H3,14,15,16). The maximum Gasteiger partial charge on any atom is 0.188 e. The Kier molecular flexibility index (Phi) is 5.83. The quantitative estimate of drug-likeness (QED) is 0.626. The number of guanidine groups is 1. The normalized spacial score (nSPS) is 11.6. The molecule has 0 aliphatic rings. The topological polar surface area (TPSA) is 50.4 Å². The van der Waals surface area contributed by atoms with Gasteiger partial charge in [0.2, 0.25) is 0 Å². The number of aliphatic imine (C=N–C) groups is 1. The van der Waals surface area contributed by atoms with Crippen molar-refractivity contribution >= 4 is 17.7 Å². The summed E-state index contributed by atoms with van der Waals surface area (Å²) in [6.07, 6.45) is 1.99. The zero-order chi connectivity index (χ0) is 12.7. The van der Waals surface area contributed by atoms with Gasteiger partial charge in [0.15, 0.2) is 5.96 Å². The fourth-order valence-electron chi connectivity index (χ4n) is 1.45. The van der Waals surface area contributed by atoms with Crippen molar-refractivity contribution in [2.45, 2.75) is 19.2 Å². The lowest BCUT2D eigenvalue weighted by Crippen LogP contribution is -2.31. The summed E-state index contributed by atoms with van der Waals surface area (Å²) in [7, 11) is 0. The van der Waals surface area contributed by atoms with Gasteiger partial charge in [0.1, 0.15) is 5.82 Å². The summed E-state index contributed by atoms with van der Waals surface area (Å²) in [4.78, 5) is 4.21. The van der Waals surface area contributed by atoms with Crippen LogP contribution in [0.5, 0.6) is 0 Å². The summed E-state index contributed by atoms with van der Waals surface area (Å²) in [5.41, 5.74) is 7.64. The minimum absolute atomic E-state index is 0.207. The van der Waals surface area contributed by atoms with Gasteiger partial charge in [-0.15, -0.1) is 0 Å². The summed E-state index contributed by atoms with van der Waals surface area (Å²) in [6.45, 7) is 3.19. The molecular formula is C12H18FN3S. The Hall–Kier alpha value is -1.23. The first-order valence-corrected chi connectivity index (χ1v) is 6.86. The van der Waals surface area contributed by atoms with E-state index in [1.807, 2.05) is 13.2 Å². The van der Waals surface area contributed by atoms with Crippen LogP contribution in [0, 0.1) is 5.82 Å². The van der Waals surface area contributed by atoms with E-state index in [2.05, 4.69) is 10.3 Å². The lowest BCUT2D eigenvalue weighted by atomic mass is 10.1. The number of rotatable bonds is 5. The zero-order valence-electron chi connectivity index (χ0n) is 10.2. The van der Waals surface area contributed by atoms with Gasteiger partial charge in [0, 0.05) is 12.3 Å². The molecule has 1 aromatic rings. The van der Waals surface area contributed by atoms with Gasteiger partial charge in [-0.25, -0.2) is 9.38 Å². The lowest BCUT2D eigenvalue weighted by molar-refractivity contribution is 0.625.